The Balaban J connectivity index is 3.36. The van der Waals surface area contributed by atoms with E-state index in [9.17, 15) is 14.5 Å². The van der Waals surface area contributed by atoms with E-state index in [2.05, 4.69) is 0 Å². The van der Waals surface area contributed by atoms with Gasteiger partial charge in [0, 0.05) is 6.07 Å². The summed E-state index contributed by atoms with van der Waals surface area (Å²) in [5.41, 5.74) is 4.99. The first-order chi connectivity index (χ1) is 5.54. The summed E-state index contributed by atoms with van der Waals surface area (Å²) in [5.74, 6) is -0.958. The van der Waals surface area contributed by atoms with Gasteiger partial charge < -0.3 is 5.73 Å². The summed E-state index contributed by atoms with van der Waals surface area (Å²) in [5, 5.41) is 10.2. The highest BCUT2D eigenvalue weighted by Gasteiger charge is 2.16. The molecule has 1 rings (SSSR count). The molecule has 0 aliphatic heterocycles. The van der Waals surface area contributed by atoms with Crippen LogP contribution >= 0.6 is 0 Å². The van der Waals surface area contributed by atoms with Gasteiger partial charge in [-0.15, -0.1) is 0 Å². The molecule has 1 aromatic rings. The Bertz CT molecular complexity index is 338. The van der Waals surface area contributed by atoms with E-state index >= 15 is 0 Å². The maximum Gasteiger partial charge on any atom is 0.306 e. The second kappa shape index (κ2) is 2.77. The molecule has 0 heterocycles. The van der Waals surface area contributed by atoms with Gasteiger partial charge in [0.25, 0.3) is 0 Å². The molecule has 0 amide bonds. The molecule has 0 aliphatic carbocycles. The molecule has 0 saturated carbocycles. The Morgan fingerprint density at radius 1 is 1.58 bits per heavy atom. The fraction of sp³-hybridized carbons (Fsp3) is 0.143. The number of halogens is 1. The molecule has 0 saturated heterocycles. The number of benzene rings is 1. The van der Waals surface area contributed by atoms with Crippen molar-refractivity contribution >= 4 is 11.4 Å². The van der Waals surface area contributed by atoms with Crippen LogP contribution in [0.5, 0.6) is 0 Å². The lowest BCUT2D eigenvalue weighted by Gasteiger charge is -2.00. The fourth-order valence-electron chi connectivity index (χ4n) is 0.819. The van der Waals surface area contributed by atoms with Gasteiger partial charge in [0.05, 0.1) is 10.6 Å². The minimum atomic E-state index is -0.958. The van der Waals surface area contributed by atoms with Crippen molar-refractivity contribution in [2.24, 2.45) is 0 Å². The largest absolute Gasteiger partial charge is 0.396 e. The summed E-state index contributed by atoms with van der Waals surface area (Å²) in [6.45, 7) is 1.59. The van der Waals surface area contributed by atoms with Crippen molar-refractivity contribution in [3.8, 4) is 0 Å². The Morgan fingerprint density at radius 3 is 2.67 bits per heavy atom. The standard InChI is InChI=1S/C7H7FN2O2/c1-4-2-3-5(10(11)12)6(8)7(4)9/h2-3H,9H2,1H3. The predicted molar refractivity (Wildman–Crippen MR) is 42.2 cm³/mol. The van der Waals surface area contributed by atoms with Crippen LogP contribution in [0.15, 0.2) is 12.1 Å². The van der Waals surface area contributed by atoms with Crippen molar-refractivity contribution < 1.29 is 9.31 Å². The third kappa shape index (κ3) is 1.20. The van der Waals surface area contributed by atoms with Crippen LogP contribution in [0.4, 0.5) is 15.8 Å². The normalized spacial score (nSPS) is 9.83. The summed E-state index contributed by atoms with van der Waals surface area (Å²) in [4.78, 5) is 9.39. The number of nitrogens with two attached hydrogens (primary N) is 1. The highest BCUT2D eigenvalue weighted by Crippen LogP contribution is 2.24. The van der Waals surface area contributed by atoms with E-state index in [1.165, 1.54) is 6.07 Å². The fourth-order valence-corrected chi connectivity index (χ4v) is 0.819. The second-order valence-electron chi connectivity index (χ2n) is 2.39. The van der Waals surface area contributed by atoms with Crippen molar-refractivity contribution in [1.82, 2.24) is 0 Å². The lowest BCUT2D eigenvalue weighted by Crippen LogP contribution is -1.99. The van der Waals surface area contributed by atoms with Crippen LogP contribution in [0.2, 0.25) is 0 Å². The highest BCUT2D eigenvalue weighted by atomic mass is 19.1. The van der Waals surface area contributed by atoms with Crippen molar-refractivity contribution in [1.29, 1.82) is 0 Å². The monoisotopic (exact) mass is 170 g/mol. The molecule has 64 valence electrons. The number of aryl methyl sites for hydroxylation is 1. The summed E-state index contributed by atoms with van der Waals surface area (Å²) in [6.07, 6.45) is 0. The van der Waals surface area contributed by atoms with Crippen molar-refractivity contribution in [2.45, 2.75) is 6.92 Å². The Hall–Kier alpha value is -1.65. The molecular weight excluding hydrogens is 163 g/mol. The molecule has 1 aromatic carbocycles. The zero-order chi connectivity index (χ0) is 9.30. The van der Waals surface area contributed by atoms with Crippen LogP contribution in [-0.4, -0.2) is 4.92 Å². The number of nitro groups is 1. The number of hydrogen-bond donors (Lipinski definition) is 1. The summed E-state index contributed by atoms with van der Waals surface area (Å²) in [7, 11) is 0. The van der Waals surface area contributed by atoms with E-state index in [-0.39, 0.29) is 5.69 Å². The molecule has 0 atom stereocenters. The number of anilines is 1. The second-order valence-corrected chi connectivity index (χ2v) is 2.39. The topological polar surface area (TPSA) is 69.2 Å². The lowest BCUT2D eigenvalue weighted by atomic mass is 10.2. The van der Waals surface area contributed by atoms with Gasteiger partial charge in [-0.3, -0.25) is 10.1 Å². The van der Waals surface area contributed by atoms with Crippen LogP contribution in [0.3, 0.4) is 0 Å². The molecule has 0 bridgehead atoms. The molecule has 0 fully saturated rings. The quantitative estimate of drug-likeness (QED) is 0.395. The van der Waals surface area contributed by atoms with Crippen molar-refractivity contribution in [2.75, 3.05) is 5.73 Å². The Labute approximate surface area is 68.0 Å². The van der Waals surface area contributed by atoms with Gasteiger partial charge in [-0.1, -0.05) is 6.07 Å². The van der Waals surface area contributed by atoms with Gasteiger partial charge in [0.1, 0.15) is 0 Å². The predicted octanol–water partition coefficient (Wildman–Crippen LogP) is 1.62. The molecule has 0 aromatic heterocycles. The van der Waals surface area contributed by atoms with E-state index < -0.39 is 16.4 Å². The highest BCUT2D eigenvalue weighted by molar-refractivity contribution is 5.55. The summed E-state index contributed by atoms with van der Waals surface area (Å²) < 4.78 is 12.9. The van der Waals surface area contributed by atoms with E-state index in [4.69, 9.17) is 5.73 Å². The van der Waals surface area contributed by atoms with Crippen LogP contribution in [-0.2, 0) is 0 Å². The molecule has 12 heavy (non-hydrogen) atoms. The van der Waals surface area contributed by atoms with Gasteiger partial charge in [-0.05, 0) is 12.5 Å². The number of hydrogen-bond acceptors (Lipinski definition) is 3. The van der Waals surface area contributed by atoms with Gasteiger partial charge in [-0.2, -0.15) is 4.39 Å². The van der Waals surface area contributed by atoms with Gasteiger partial charge in [0.15, 0.2) is 0 Å². The SMILES string of the molecule is Cc1ccc([N+](=O)[O-])c(F)c1N. The zero-order valence-electron chi connectivity index (χ0n) is 6.37. The smallest absolute Gasteiger partial charge is 0.306 e. The zero-order valence-corrected chi connectivity index (χ0v) is 6.37. The number of nitrogens with zero attached hydrogens (tertiary/aromatic N) is 1. The maximum absolute atomic E-state index is 12.9. The van der Waals surface area contributed by atoms with Crippen LogP contribution in [0, 0.1) is 22.9 Å². The van der Waals surface area contributed by atoms with Gasteiger partial charge in [-0.25, -0.2) is 0 Å². The summed E-state index contributed by atoms with van der Waals surface area (Å²) in [6, 6.07) is 2.51. The maximum atomic E-state index is 12.9. The minimum absolute atomic E-state index is 0.163. The molecule has 0 unspecified atom stereocenters. The lowest BCUT2D eigenvalue weighted by molar-refractivity contribution is -0.387. The minimum Gasteiger partial charge on any atom is -0.396 e. The van der Waals surface area contributed by atoms with E-state index in [0.29, 0.717) is 5.56 Å². The van der Waals surface area contributed by atoms with Crippen LogP contribution in [0.25, 0.3) is 0 Å². The van der Waals surface area contributed by atoms with Gasteiger partial charge in [0.2, 0.25) is 5.82 Å². The van der Waals surface area contributed by atoms with E-state index in [1.807, 2.05) is 0 Å². The molecule has 4 nitrogen and oxygen atoms in total. The van der Waals surface area contributed by atoms with Gasteiger partial charge >= 0.3 is 5.69 Å². The molecular formula is C7H7FN2O2. The summed E-state index contributed by atoms with van der Waals surface area (Å²) >= 11 is 0. The third-order valence-electron chi connectivity index (χ3n) is 1.57. The molecule has 2 N–H and O–H groups in total. The van der Waals surface area contributed by atoms with Crippen LogP contribution in [0.1, 0.15) is 5.56 Å². The Kier molecular flexibility index (Phi) is 1.95. The number of rotatable bonds is 1. The van der Waals surface area contributed by atoms with Crippen molar-refractivity contribution in [3.05, 3.63) is 33.6 Å². The number of nitro benzene ring substituents is 1. The number of nitrogen functional groups attached to an aromatic ring is 1. The van der Waals surface area contributed by atoms with E-state index in [0.717, 1.165) is 6.07 Å². The molecule has 5 heteroatoms. The van der Waals surface area contributed by atoms with Crippen LogP contribution < -0.4 is 5.73 Å². The molecule has 0 aliphatic rings. The average molecular weight is 170 g/mol. The molecule has 0 spiro atoms. The Morgan fingerprint density at radius 2 is 2.17 bits per heavy atom. The first-order valence-corrected chi connectivity index (χ1v) is 3.23. The van der Waals surface area contributed by atoms with E-state index in [1.54, 1.807) is 6.92 Å². The average Bonchev–Trinajstić information content (AvgIpc) is 2.00. The third-order valence-corrected chi connectivity index (χ3v) is 1.57. The molecule has 0 radical (unpaired) electrons. The first kappa shape index (κ1) is 8.45. The first-order valence-electron chi connectivity index (χ1n) is 3.23. The van der Waals surface area contributed by atoms with Crippen molar-refractivity contribution in [3.63, 3.8) is 0 Å².